The molecule has 164 valence electrons. The highest BCUT2D eigenvalue weighted by molar-refractivity contribution is 5.96. The van der Waals surface area contributed by atoms with Gasteiger partial charge in [0.15, 0.2) is 0 Å². The van der Waals surface area contributed by atoms with E-state index in [0.29, 0.717) is 43.9 Å². The van der Waals surface area contributed by atoms with E-state index in [0.717, 1.165) is 11.3 Å². The first-order valence-electron chi connectivity index (χ1n) is 10.2. The number of anilines is 1. The van der Waals surface area contributed by atoms with Gasteiger partial charge < -0.3 is 20.7 Å². The summed E-state index contributed by atoms with van der Waals surface area (Å²) in [5.41, 5.74) is 7.15. The van der Waals surface area contributed by atoms with Crippen molar-refractivity contribution in [1.82, 2.24) is 9.80 Å². The summed E-state index contributed by atoms with van der Waals surface area (Å²) in [5.74, 6) is 0.159. The third-order valence-electron chi connectivity index (χ3n) is 5.52. The van der Waals surface area contributed by atoms with Crippen molar-refractivity contribution in [2.75, 3.05) is 38.6 Å². The Hall–Kier alpha value is -3.39. The van der Waals surface area contributed by atoms with Crippen molar-refractivity contribution >= 4 is 23.4 Å². The molecule has 1 heterocycles. The fourth-order valence-corrected chi connectivity index (χ4v) is 3.56. The smallest absolute Gasteiger partial charge is 0.248 e. The van der Waals surface area contributed by atoms with Crippen molar-refractivity contribution < 1.29 is 19.1 Å². The van der Waals surface area contributed by atoms with E-state index in [9.17, 15) is 14.4 Å². The normalized spacial score (nSPS) is 15.2. The van der Waals surface area contributed by atoms with Gasteiger partial charge in [0.1, 0.15) is 5.75 Å². The quantitative estimate of drug-likeness (QED) is 0.701. The molecule has 0 bridgehead atoms. The molecule has 1 aliphatic heterocycles. The van der Waals surface area contributed by atoms with Gasteiger partial charge in [-0.3, -0.25) is 19.3 Å². The Kier molecular flexibility index (Phi) is 7.25. The van der Waals surface area contributed by atoms with Crippen LogP contribution in [0.5, 0.6) is 5.75 Å². The predicted molar refractivity (Wildman–Crippen MR) is 118 cm³/mol. The molecule has 1 unspecified atom stereocenters. The standard InChI is InChI=1S/C23H28N4O4/c1-16(23(30)25-19-8-6-18(7-9-19)22(24)29)26-10-12-27(13-11-26)21(28)15-17-4-3-5-20(14-17)31-2/h3-9,14,16H,10-13,15H2,1-2H3,(H2,24,29)(H,25,30). The Labute approximate surface area is 182 Å². The van der Waals surface area contributed by atoms with Crippen LogP contribution in [0.2, 0.25) is 0 Å². The first-order valence-corrected chi connectivity index (χ1v) is 10.2. The van der Waals surface area contributed by atoms with E-state index in [1.54, 1.807) is 31.4 Å². The van der Waals surface area contributed by atoms with E-state index in [2.05, 4.69) is 10.2 Å². The predicted octanol–water partition coefficient (Wildman–Crippen LogP) is 1.51. The minimum Gasteiger partial charge on any atom is -0.497 e. The largest absolute Gasteiger partial charge is 0.497 e. The lowest BCUT2D eigenvalue weighted by Gasteiger charge is -2.37. The molecule has 3 rings (SSSR count). The average molecular weight is 425 g/mol. The van der Waals surface area contributed by atoms with E-state index >= 15 is 0 Å². The number of hydrogen-bond donors (Lipinski definition) is 2. The molecule has 0 saturated carbocycles. The molecule has 3 N–H and O–H groups in total. The molecule has 3 amide bonds. The maximum atomic E-state index is 12.6. The van der Waals surface area contributed by atoms with Crippen LogP contribution in [0, 0.1) is 0 Å². The number of hydrogen-bond acceptors (Lipinski definition) is 5. The Morgan fingerprint density at radius 1 is 1.06 bits per heavy atom. The Morgan fingerprint density at radius 3 is 2.35 bits per heavy atom. The van der Waals surface area contributed by atoms with Crippen LogP contribution < -0.4 is 15.8 Å². The number of primary amides is 1. The number of amides is 3. The molecule has 1 aliphatic rings. The molecular weight excluding hydrogens is 396 g/mol. The molecular formula is C23H28N4O4. The molecule has 0 aromatic heterocycles. The minimum absolute atomic E-state index is 0.0690. The van der Waals surface area contributed by atoms with Crippen LogP contribution in [0.15, 0.2) is 48.5 Å². The second-order valence-corrected chi connectivity index (χ2v) is 7.55. The summed E-state index contributed by atoms with van der Waals surface area (Å²) in [6.45, 7) is 4.25. The van der Waals surface area contributed by atoms with Crippen LogP contribution in [0.3, 0.4) is 0 Å². The van der Waals surface area contributed by atoms with Crippen molar-refractivity contribution in [3.8, 4) is 5.75 Å². The molecule has 2 aromatic rings. The summed E-state index contributed by atoms with van der Waals surface area (Å²) in [5, 5.41) is 2.86. The second kappa shape index (κ2) is 10.1. The number of benzene rings is 2. The first-order chi connectivity index (χ1) is 14.9. The fourth-order valence-electron chi connectivity index (χ4n) is 3.56. The van der Waals surface area contributed by atoms with Gasteiger partial charge in [0.05, 0.1) is 19.6 Å². The number of ether oxygens (including phenoxy) is 1. The van der Waals surface area contributed by atoms with Gasteiger partial charge in [0, 0.05) is 37.4 Å². The van der Waals surface area contributed by atoms with Crippen molar-refractivity contribution in [3.05, 3.63) is 59.7 Å². The lowest BCUT2D eigenvalue weighted by molar-refractivity contribution is -0.133. The number of rotatable bonds is 7. The third kappa shape index (κ3) is 5.82. The number of carbonyl (C=O) groups excluding carboxylic acids is 3. The van der Waals surface area contributed by atoms with E-state index in [-0.39, 0.29) is 17.9 Å². The number of nitrogens with one attached hydrogen (secondary N) is 1. The molecule has 0 spiro atoms. The summed E-state index contributed by atoms with van der Waals surface area (Å²) >= 11 is 0. The Morgan fingerprint density at radius 2 is 1.74 bits per heavy atom. The highest BCUT2D eigenvalue weighted by atomic mass is 16.5. The van der Waals surface area contributed by atoms with Gasteiger partial charge in [0.2, 0.25) is 17.7 Å². The number of nitrogens with zero attached hydrogens (tertiary/aromatic N) is 2. The van der Waals surface area contributed by atoms with E-state index in [1.807, 2.05) is 36.1 Å². The van der Waals surface area contributed by atoms with Gasteiger partial charge in [0.25, 0.3) is 0 Å². The number of piperazine rings is 1. The topological polar surface area (TPSA) is 105 Å². The lowest BCUT2D eigenvalue weighted by atomic mass is 10.1. The highest BCUT2D eigenvalue weighted by Crippen LogP contribution is 2.16. The van der Waals surface area contributed by atoms with E-state index in [1.165, 1.54) is 0 Å². The van der Waals surface area contributed by atoms with Crippen LogP contribution in [0.4, 0.5) is 5.69 Å². The maximum absolute atomic E-state index is 12.6. The summed E-state index contributed by atoms with van der Waals surface area (Å²) < 4.78 is 5.21. The molecule has 1 saturated heterocycles. The zero-order valence-corrected chi connectivity index (χ0v) is 17.8. The molecule has 8 heteroatoms. The van der Waals surface area contributed by atoms with Gasteiger partial charge in [-0.2, -0.15) is 0 Å². The van der Waals surface area contributed by atoms with Crippen molar-refractivity contribution in [2.45, 2.75) is 19.4 Å². The summed E-state index contributed by atoms with van der Waals surface area (Å²) in [7, 11) is 1.60. The SMILES string of the molecule is COc1cccc(CC(=O)N2CCN(C(C)C(=O)Nc3ccc(C(N)=O)cc3)CC2)c1. The first kappa shape index (κ1) is 22.3. The Bertz CT molecular complexity index is 937. The van der Waals surface area contributed by atoms with Crippen LogP contribution >= 0.6 is 0 Å². The molecule has 0 aliphatic carbocycles. The third-order valence-corrected chi connectivity index (χ3v) is 5.52. The number of nitrogens with two attached hydrogens (primary N) is 1. The molecule has 0 radical (unpaired) electrons. The second-order valence-electron chi connectivity index (χ2n) is 7.55. The van der Waals surface area contributed by atoms with Crippen LogP contribution in [0.25, 0.3) is 0 Å². The van der Waals surface area contributed by atoms with Crippen LogP contribution in [-0.4, -0.2) is 66.9 Å². The summed E-state index contributed by atoms with van der Waals surface area (Å²) in [6.07, 6.45) is 0.328. The Balaban J connectivity index is 1.49. The molecule has 31 heavy (non-hydrogen) atoms. The highest BCUT2D eigenvalue weighted by Gasteiger charge is 2.27. The number of methoxy groups -OCH3 is 1. The van der Waals surface area contributed by atoms with Gasteiger partial charge >= 0.3 is 0 Å². The molecule has 8 nitrogen and oxygen atoms in total. The molecule has 1 fully saturated rings. The van der Waals surface area contributed by atoms with Gasteiger partial charge in [-0.15, -0.1) is 0 Å². The maximum Gasteiger partial charge on any atom is 0.248 e. The fraction of sp³-hybridized carbons (Fsp3) is 0.348. The van der Waals surface area contributed by atoms with Gasteiger partial charge in [-0.25, -0.2) is 0 Å². The van der Waals surface area contributed by atoms with E-state index in [4.69, 9.17) is 10.5 Å². The van der Waals surface area contributed by atoms with E-state index < -0.39 is 5.91 Å². The summed E-state index contributed by atoms with van der Waals surface area (Å²) in [4.78, 5) is 40.3. The molecule has 2 aromatic carbocycles. The van der Waals surface area contributed by atoms with Crippen molar-refractivity contribution in [2.24, 2.45) is 5.73 Å². The minimum atomic E-state index is -0.509. The van der Waals surface area contributed by atoms with Crippen LogP contribution in [0.1, 0.15) is 22.8 Å². The summed E-state index contributed by atoms with van der Waals surface area (Å²) in [6, 6.07) is 13.6. The van der Waals surface area contributed by atoms with Crippen molar-refractivity contribution in [3.63, 3.8) is 0 Å². The zero-order chi connectivity index (χ0) is 22.4. The number of carbonyl (C=O) groups is 3. The lowest BCUT2D eigenvalue weighted by Crippen LogP contribution is -2.54. The van der Waals surface area contributed by atoms with Crippen LogP contribution in [-0.2, 0) is 16.0 Å². The molecule has 1 atom stereocenters. The van der Waals surface area contributed by atoms with Crippen molar-refractivity contribution in [1.29, 1.82) is 0 Å². The monoisotopic (exact) mass is 424 g/mol. The van der Waals surface area contributed by atoms with Gasteiger partial charge in [-0.05, 0) is 48.9 Å². The zero-order valence-electron chi connectivity index (χ0n) is 17.8. The van der Waals surface area contributed by atoms with Gasteiger partial charge in [-0.1, -0.05) is 12.1 Å². The average Bonchev–Trinajstić information content (AvgIpc) is 2.79.